The zero-order valence-electron chi connectivity index (χ0n) is 18.1. The average molecular weight is 422 g/mol. The van der Waals surface area contributed by atoms with Gasteiger partial charge in [0.2, 0.25) is 0 Å². The van der Waals surface area contributed by atoms with Crippen LogP contribution >= 0.6 is 11.6 Å². The van der Waals surface area contributed by atoms with E-state index < -0.39 is 0 Å². The molecule has 2 fully saturated rings. The Hall–Kier alpha value is -1.04. The van der Waals surface area contributed by atoms with Crippen LogP contribution in [0.4, 0.5) is 0 Å². The number of likely N-dealkylation sites (tertiary alicyclic amines) is 1. The topological polar surface area (TPSA) is 65.7 Å². The predicted molar refractivity (Wildman–Crippen MR) is 124 cm³/mol. The second-order valence-corrected chi connectivity index (χ2v) is 9.54. The standard InChI is InChI=1S/C23H40ClN5/c1-18-8-9-23(28-22(25)16-21(18)24)27-17-19-10-14-29(15-11-19)13-5-12-26-20-6-3-2-4-7-20/h9,16,18-20,26-27H,2-8,10-15,17H2,1H3,(H2,25,28)/b21-16?,23-9+. The third kappa shape index (κ3) is 7.95. The molecule has 1 atom stereocenters. The van der Waals surface area contributed by atoms with E-state index in [1.165, 1.54) is 77.5 Å². The molecule has 1 unspecified atom stereocenters. The summed E-state index contributed by atoms with van der Waals surface area (Å²) in [4.78, 5) is 7.11. The number of nitrogens with two attached hydrogens (primary N) is 1. The molecular formula is C23H40ClN5. The second-order valence-electron chi connectivity index (χ2n) is 9.10. The van der Waals surface area contributed by atoms with Crippen molar-refractivity contribution in [2.75, 3.05) is 32.7 Å². The van der Waals surface area contributed by atoms with Crippen LogP contribution in [0.15, 0.2) is 28.0 Å². The van der Waals surface area contributed by atoms with Gasteiger partial charge in [-0.1, -0.05) is 37.8 Å². The minimum atomic E-state index is 0.290. The molecule has 5 nitrogen and oxygen atoms in total. The van der Waals surface area contributed by atoms with Crippen LogP contribution in [0.2, 0.25) is 0 Å². The number of rotatable bonds is 8. The first-order valence-electron chi connectivity index (χ1n) is 11.7. The largest absolute Gasteiger partial charge is 0.384 e. The Morgan fingerprint density at radius 1 is 1.17 bits per heavy atom. The third-order valence-corrected chi connectivity index (χ3v) is 7.12. The monoisotopic (exact) mass is 421 g/mol. The maximum Gasteiger partial charge on any atom is 0.126 e. The fourth-order valence-electron chi connectivity index (χ4n) is 4.59. The van der Waals surface area contributed by atoms with Gasteiger partial charge in [0.15, 0.2) is 0 Å². The van der Waals surface area contributed by atoms with Crippen LogP contribution < -0.4 is 16.4 Å². The Bertz CT molecular complexity index is 586. The Morgan fingerprint density at radius 2 is 1.93 bits per heavy atom. The van der Waals surface area contributed by atoms with E-state index in [0.29, 0.717) is 17.7 Å². The number of hydrogen-bond acceptors (Lipinski definition) is 5. The van der Waals surface area contributed by atoms with Crippen molar-refractivity contribution in [2.45, 2.75) is 70.8 Å². The minimum absolute atomic E-state index is 0.290. The lowest BCUT2D eigenvalue weighted by molar-refractivity contribution is 0.181. The highest BCUT2D eigenvalue weighted by Crippen LogP contribution is 2.22. The number of hydrogen-bond donors (Lipinski definition) is 3. The lowest BCUT2D eigenvalue weighted by Crippen LogP contribution is -2.39. The quantitative estimate of drug-likeness (QED) is 0.519. The van der Waals surface area contributed by atoms with E-state index in [1.54, 1.807) is 6.08 Å². The maximum absolute atomic E-state index is 6.23. The van der Waals surface area contributed by atoms with Crippen LogP contribution in [0.25, 0.3) is 0 Å². The first-order valence-corrected chi connectivity index (χ1v) is 12.1. The second kappa shape index (κ2) is 12.0. The van der Waals surface area contributed by atoms with Gasteiger partial charge in [-0.3, -0.25) is 0 Å². The number of piperidine rings is 1. The smallest absolute Gasteiger partial charge is 0.126 e. The number of nitrogens with zero attached hydrogens (tertiary/aromatic N) is 2. The highest BCUT2D eigenvalue weighted by atomic mass is 35.5. The minimum Gasteiger partial charge on any atom is -0.384 e. The van der Waals surface area contributed by atoms with Gasteiger partial charge in [0.25, 0.3) is 0 Å². The molecule has 2 aliphatic heterocycles. The van der Waals surface area contributed by atoms with Gasteiger partial charge < -0.3 is 21.3 Å². The van der Waals surface area contributed by atoms with E-state index in [1.807, 2.05) is 0 Å². The van der Waals surface area contributed by atoms with E-state index in [4.69, 9.17) is 17.3 Å². The van der Waals surface area contributed by atoms with Gasteiger partial charge in [0.1, 0.15) is 11.7 Å². The molecule has 29 heavy (non-hydrogen) atoms. The summed E-state index contributed by atoms with van der Waals surface area (Å²) in [6.45, 7) is 7.94. The zero-order chi connectivity index (χ0) is 20.5. The van der Waals surface area contributed by atoms with Gasteiger partial charge >= 0.3 is 0 Å². The molecule has 2 heterocycles. The number of allylic oxidation sites excluding steroid dienone is 2. The molecule has 4 N–H and O–H groups in total. The summed E-state index contributed by atoms with van der Waals surface area (Å²) in [5.74, 6) is 2.38. The molecule has 0 aromatic rings. The summed E-state index contributed by atoms with van der Waals surface area (Å²) >= 11 is 6.23. The Morgan fingerprint density at radius 3 is 2.69 bits per heavy atom. The van der Waals surface area contributed by atoms with Crippen LogP contribution in [0, 0.1) is 11.8 Å². The molecule has 0 amide bonds. The number of halogens is 1. The van der Waals surface area contributed by atoms with Crippen molar-refractivity contribution in [2.24, 2.45) is 22.6 Å². The van der Waals surface area contributed by atoms with Gasteiger partial charge in [-0.05, 0) is 88.7 Å². The fraction of sp³-hybridized carbons (Fsp3) is 0.783. The van der Waals surface area contributed by atoms with Gasteiger partial charge in [-0.2, -0.15) is 0 Å². The fourth-order valence-corrected chi connectivity index (χ4v) is 4.79. The SMILES string of the molecule is CC1C/C=C(\NCC2CCN(CCCNC3CCCCC3)CC2)N=C(N)C=C1Cl. The van der Waals surface area contributed by atoms with Crippen molar-refractivity contribution >= 4 is 17.4 Å². The molecule has 0 aromatic carbocycles. The summed E-state index contributed by atoms with van der Waals surface area (Å²) in [6, 6.07) is 0.786. The van der Waals surface area contributed by atoms with Crippen molar-refractivity contribution in [3.8, 4) is 0 Å². The van der Waals surface area contributed by atoms with Crippen molar-refractivity contribution < 1.29 is 0 Å². The van der Waals surface area contributed by atoms with Crippen molar-refractivity contribution in [1.82, 2.24) is 15.5 Å². The van der Waals surface area contributed by atoms with Crippen LogP contribution in [0.5, 0.6) is 0 Å². The third-order valence-electron chi connectivity index (χ3n) is 6.64. The molecule has 6 heteroatoms. The number of aliphatic imine (C=N–C) groups is 1. The zero-order valence-corrected chi connectivity index (χ0v) is 18.9. The van der Waals surface area contributed by atoms with E-state index in [2.05, 4.69) is 33.5 Å². The molecule has 1 aliphatic carbocycles. The predicted octanol–water partition coefficient (Wildman–Crippen LogP) is 3.96. The molecule has 3 aliphatic rings. The van der Waals surface area contributed by atoms with Crippen LogP contribution in [-0.2, 0) is 0 Å². The number of nitrogens with one attached hydrogen (secondary N) is 2. The summed E-state index contributed by atoms with van der Waals surface area (Å²) in [5.41, 5.74) is 5.98. The van der Waals surface area contributed by atoms with Gasteiger partial charge in [0.05, 0.1) is 0 Å². The molecule has 0 aromatic heterocycles. The van der Waals surface area contributed by atoms with Crippen LogP contribution in [0.1, 0.15) is 64.7 Å². The number of amidine groups is 1. The Kier molecular flexibility index (Phi) is 9.35. The van der Waals surface area contributed by atoms with Crippen LogP contribution in [-0.4, -0.2) is 49.5 Å². The average Bonchev–Trinajstić information content (AvgIpc) is 2.73. The molecule has 1 saturated heterocycles. The molecule has 0 bridgehead atoms. The summed E-state index contributed by atoms with van der Waals surface area (Å²) < 4.78 is 0. The van der Waals surface area contributed by atoms with Gasteiger partial charge in [0, 0.05) is 17.6 Å². The molecule has 3 rings (SSSR count). The summed E-state index contributed by atoms with van der Waals surface area (Å²) in [5, 5.41) is 8.07. The van der Waals surface area contributed by atoms with Gasteiger partial charge in [-0.25, -0.2) is 4.99 Å². The lowest BCUT2D eigenvalue weighted by atomic mass is 9.95. The summed E-state index contributed by atoms with van der Waals surface area (Å²) in [6.07, 6.45) is 15.6. The molecule has 0 spiro atoms. The Labute approximate surface area is 182 Å². The van der Waals surface area contributed by atoms with Crippen molar-refractivity contribution in [3.63, 3.8) is 0 Å². The summed E-state index contributed by atoms with van der Waals surface area (Å²) in [7, 11) is 0. The highest BCUT2D eigenvalue weighted by Gasteiger charge is 2.19. The van der Waals surface area contributed by atoms with E-state index in [0.717, 1.165) is 29.9 Å². The molecule has 164 valence electrons. The van der Waals surface area contributed by atoms with Crippen molar-refractivity contribution in [1.29, 1.82) is 0 Å². The first-order chi connectivity index (χ1) is 14.1. The normalized spacial score (nSPS) is 27.4. The Balaban J connectivity index is 1.30. The van der Waals surface area contributed by atoms with E-state index >= 15 is 0 Å². The van der Waals surface area contributed by atoms with Crippen molar-refractivity contribution in [3.05, 3.63) is 23.0 Å². The molecular weight excluding hydrogens is 382 g/mol. The lowest BCUT2D eigenvalue weighted by Gasteiger charge is -2.32. The molecule has 0 radical (unpaired) electrons. The van der Waals surface area contributed by atoms with E-state index in [-0.39, 0.29) is 0 Å². The van der Waals surface area contributed by atoms with Gasteiger partial charge in [-0.15, -0.1) is 0 Å². The molecule has 1 saturated carbocycles. The maximum atomic E-state index is 6.23. The van der Waals surface area contributed by atoms with E-state index in [9.17, 15) is 0 Å². The van der Waals surface area contributed by atoms with Crippen LogP contribution in [0.3, 0.4) is 0 Å². The highest BCUT2D eigenvalue weighted by molar-refractivity contribution is 6.31. The first kappa shape index (κ1) is 22.6.